The highest BCUT2D eigenvalue weighted by Crippen LogP contribution is 2.38. The van der Waals surface area contributed by atoms with Crippen LogP contribution in [0.5, 0.6) is 0 Å². The van der Waals surface area contributed by atoms with Gasteiger partial charge in [0.25, 0.3) is 7.82 Å². The van der Waals surface area contributed by atoms with Crippen LogP contribution in [0.2, 0.25) is 0 Å². The number of nitrogens with zero attached hydrogens (tertiary/aromatic N) is 1. The molecule has 3 unspecified atom stereocenters. The third kappa shape index (κ3) is 36.8. The van der Waals surface area contributed by atoms with Gasteiger partial charge in [-0.05, 0) is 57.8 Å². The summed E-state index contributed by atoms with van der Waals surface area (Å²) in [5.74, 6) is -0.215. The van der Waals surface area contributed by atoms with Crippen molar-refractivity contribution in [3.05, 3.63) is 48.6 Å². The first-order chi connectivity index (χ1) is 25.0. The quantitative estimate of drug-likeness (QED) is 0.0283. The molecule has 0 aliphatic heterocycles. The summed E-state index contributed by atoms with van der Waals surface area (Å²) >= 11 is 0. The molecule has 304 valence electrons. The Morgan fingerprint density at radius 3 is 1.62 bits per heavy atom. The number of likely N-dealkylation sites (N-methyl/N-ethyl adjacent to an activating group) is 1. The van der Waals surface area contributed by atoms with Gasteiger partial charge in [-0.15, -0.1) is 0 Å². The highest BCUT2D eigenvalue weighted by molar-refractivity contribution is 7.45. The molecule has 0 aromatic heterocycles. The van der Waals surface area contributed by atoms with Crippen LogP contribution >= 0.6 is 7.82 Å². The fraction of sp³-hybridized carbons (Fsp3) is 0.791. The van der Waals surface area contributed by atoms with Crippen molar-refractivity contribution in [1.29, 1.82) is 0 Å². The van der Waals surface area contributed by atoms with Crippen molar-refractivity contribution < 1.29 is 32.9 Å². The Hall–Kier alpha value is -1.54. The minimum atomic E-state index is -4.58. The molecule has 0 radical (unpaired) electrons. The molecular formula is C43H81N2O6P. The molecule has 0 bridgehead atoms. The average molecular weight is 753 g/mol. The molecule has 0 fully saturated rings. The number of allylic oxidation sites excluding steroid dienone is 7. The molecule has 0 saturated carbocycles. The predicted octanol–water partition coefficient (Wildman–Crippen LogP) is 10.7. The number of hydrogen-bond donors (Lipinski definition) is 2. The highest BCUT2D eigenvalue weighted by Gasteiger charge is 2.23. The van der Waals surface area contributed by atoms with Crippen molar-refractivity contribution in [1.82, 2.24) is 5.32 Å². The maximum atomic E-state index is 12.8. The maximum Gasteiger partial charge on any atom is 0.268 e. The molecule has 0 rings (SSSR count). The molecule has 9 heteroatoms. The van der Waals surface area contributed by atoms with Crippen LogP contribution in [-0.2, 0) is 18.4 Å². The molecule has 0 aromatic carbocycles. The summed E-state index contributed by atoms with van der Waals surface area (Å²) in [4.78, 5) is 25.2. The second-order valence-corrected chi connectivity index (χ2v) is 16.8. The molecule has 0 saturated heterocycles. The summed E-state index contributed by atoms with van der Waals surface area (Å²) < 4.78 is 23.1. The van der Waals surface area contributed by atoms with Crippen LogP contribution in [0.4, 0.5) is 0 Å². The van der Waals surface area contributed by atoms with E-state index in [1.807, 2.05) is 27.2 Å². The van der Waals surface area contributed by atoms with Crippen molar-refractivity contribution in [2.24, 2.45) is 0 Å². The Morgan fingerprint density at radius 2 is 1.12 bits per heavy atom. The van der Waals surface area contributed by atoms with Gasteiger partial charge >= 0.3 is 0 Å². The largest absolute Gasteiger partial charge is 0.756 e. The van der Waals surface area contributed by atoms with Gasteiger partial charge in [-0.25, -0.2) is 0 Å². The molecule has 52 heavy (non-hydrogen) atoms. The van der Waals surface area contributed by atoms with Gasteiger partial charge < -0.3 is 28.8 Å². The fourth-order valence-corrected chi connectivity index (χ4v) is 6.35. The van der Waals surface area contributed by atoms with Crippen molar-refractivity contribution in [3.63, 3.8) is 0 Å². The average Bonchev–Trinajstić information content (AvgIpc) is 3.09. The molecule has 1 amide bonds. The van der Waals surface area contributed by atoms with Gasteiger partial charge in [0.1, 0.15) is 13.2 Å². The van der Waals surface area contributed by atoms with Gasteiger partial charge in [-0.3, -0.25) is 9.36 Å². The lowest BCUT2D eigenvalue weighted by atomic mass is 10.1. The van der Waals surface area contributed by atoms with E-state index in [2.05, 4.69) is 55.6 Å². The molecule has 3 atom stereocenters. The van der Waals surface area contributed by atoms with Crippen molar-refractivity contribution in [3.8, 4) is 0 Å². The van der Waals surface area contributed by atoms with E-state index in [1.165, 1.54) is 83.5 Å². The first-order valence-corrected chi connectivity index (χ1v) is 22.5. The molecule has 8 nitrogen and oxygen atoms in total. The number of nitrogens with one attached hydrogen (secondary N) is 1. The second-order valence-electron chi connectivity index (χ2n) is 15.3. The summed E-state index contributed by atoms with van der Waals surface area (Å²) in [5, 5.41) is 13.7. The van der Waals surface area contributed by atoms with Gasteiger partial charge in [-0.2, -0.15) is 0 Å². The SMILES string of the molecule is CCCCCCC/C=C\C/C=C\C/C=C\CCCCCCCCC(=O)NC(COP(=O)([O-])OCC[N+](C)(C)C)C(O)/C=C/CCCCCCCCC. The fourth-order valence-electron chi connectivity index (χ4n) is 5.63. The number of carbonyl (C=O) groups is 1. The first-order valence-electron chi connectivity index (χ1n) is 21.0. The molecule has 0 heterocycles. The maximum absolute atomic E-state index is 12.8. The molecule has 0 spiro atoms. The lowest BCUT2D eigenvalue weighted by Gasteiger charge is -2.29. The van der Waals surface area contributed by atoms with Crippen molar-refractivity contribution in [2.45, 2.75) is 180 Å². The Balaban J connectivity index is 4.37. The number of aliphatic hydroxyl groups is 1. The third-order valence-corrected chi connectivity index (χ3v) is 10.00. The summed E-state index contributed by atoms with van der Waals surface area (Å²) in [5.41, 5.74) is 0. The molecule has 2 N–H and O–H groups in total. The van der Waals surface area contributed by atoms with E-state index < -0.39 is 20.0 Å². The second kappa shape index (κ2) is 35.2. The Bertz CT molecular complexity index is 991. The Kier molecular flexibility index (Phi) is 34.1. The van der Waals surface area contributed by atoms with Crippen LogP contribution in [0, 0.1) is 0 Å². The number of unbranched alkanes of at least 4 members (excludes halogenated alkanes) is 18. The summed E-state index contributed by atoms with van der Waals surface area (Å²) in [6.07, 6.45) is 43.0. The monoisotopic (exact) mass is 753 g/mol. The highest BCUT2D eigenvalue weighted by atomic mass is 31.2. The zero-order valence-electron chi connectivity index (χ0n) is 34.2. The van der Waals surface area contributed by atoms with Crippen LogP contribution in [-0.4, -0.2) is 68.5 Å². The summed E-state index contributed by atoms with van der Waals surface area (Å²) in [6.45, 7) is 4.57. The first kappa shape index (κ1) is 50.5. The topological polar surface area (TPSA) is 108 Å². The zero-order valence-corrected chi connectivity index (χ0v) is 35.1. The van der Waals surface area contributed by atoms with Crippen LogP contribution in [0.15, 0.2) is 48.6 Å². The minimum Gasteiger partial charge on any atom is -0.756 e. The number of amides is 1. The summed E-state index contributed by atoms with van der Waals surface area (Å²) in [7, 11) is 1.24. The van der Waals surface area contributed by atoms with E-state index in [1.54, 1.807) is 6.08 Å². The molecule has 0 aliphatic rings. The number of phosphoric acid groups is 1. The van der Waals surface area contributed by atoms with Crippen LogP contribution < -0.4 is 10.2 Å². The lowest BCUT2D eigenvalue weighted by Crippen LogP contribution is -2.45. The van der Waals surface area contributed by atoms with E-state index in [4.69, 9.17) is 9.05 Å². The van der Waals surface area contributed by atoms with E-state index in [0.29, 0.717) is 17.4 Å². The molecule has 0 aliphatic carbocycles. The van der Waals surface area contributed by atoms with Gasteiger partial charge in [0.05, 0.1) is 39.9 Å². The smallest absolute Gasteiger partial charge is 0.268 e. The Morgan fingerprint density at radius 1 is 0.673 bits per heavy atom. The zero-order chi connectivity index (χ0) is 38.6. The van der Waals surface area contributed by atoms with E-state index >= 15 is 0 Å². The van der Waals surface area contributed by atoms with Gasteiger partial charge in [-0.1, -0.05) is 152 Å². The molecule has 0 aromatic rings. The number of phosphoric ester groups is 1. The Labute approximate surface area is 320 Å². The number of quaternary nitrogens is 1. The predicted molar refractivity (Wildman–Crippen MR) is 219 cm³/mol. The number of carbonyl (C=O) groups excluding carboxylic acids is 1. The number of rotatable bonds is 37. The van der Waals surface area contributed by atoms with E-state index in [-0.39, 0.29) is 19.1 Å². The third-order valence-electron chi connectivity index (χ3n) is 9.03. The standard InChI is InChI=1S/C43H81N2O6P/c1-6-8-10-12-14-16-17-18-19-20-21-22-23-24-25-26-27-29-31-33-35-37-43(47)44-41(40-51-52(48,49)50-39-38-45(3,4)5)42(46)36-34-32-30-28-15-13-11-9-7-2/h17-18,20-21,23-24,34,36,41-42,46H,6-16,19,22,25-33,35,37-40H2,1-5H3,(H-,44,47,48,49)/b18-17-,21-20-,24-23-,36-34+. The number of aliphatic hydroxyl groups excluding tert-OH is 1. The normalized spacial score (nSPS) is 15.0. The van der Waals surface area contributed by atoms with E-state index in [0.717, 1.165) is 64.2 Å². The van der Waals surface area contributed by atoms with Crippen LogP contribution in [0.25, 0.3) is 0 Å². The lowest BCUT2D eigenvalue weighted by molar-refractivity contribution is -0.870. The van der Waals surface area contributed by atoms with Crippen LogP contribution in [0.3, 0.4) is 0 Å². The van der Waals surface area contributed by atoms with Gasteiger partial charge in [0.2, 0.25) is 5.91 Å². The molecular weight excluding hydrogens is 671 g/mol. The number of hydrogen-bond acceptors (Lipinski definition) is 6. The van der Waals surface area contributed by atoms with E-state index in [9.17, 15) is 19.4 Å². The van der Waals surface area contributed by atoms with Crippen molar-refractivity contribution in [2.75, 3.05) is 40.9 Å². The minimum absolute atomic E-state index is 0.00580. The van der Waals surface area contributed by atoms with Crippen molar-refractivity contribution >= 4 is 13.7 Å². The summed E-state index contributed by atoms with van der Waals surface area (Å²) in [6, 6.07) is -0.891. The van der Waals surface area contributed by atoms with Gasteiger partial charge in [0.15, 0.2) is 0 Å². The van der Waals surface area contributed by atoms with Gasteiger partial charge in [0, 0.05) is 6.42 Å². The van der Waals surface area contributed by atoms with Crippen LogP contribution in [0.1, 0.15) is 168 Å².